The highest BCUT2D eigenvalue weighted by atomic mass is 32.1. The first-order chi connectivity index (χ1) is 9.52. The predicted octanol–water partition coefficient (Wildman–Crippen LogP) is 3.72. The second-order valence-electron chi connectivity index (χ2n) is 6.47. The van der Waals surface area contributed by atoms with E-state index < -0.39 is 0 Å². The van der Waals surface area contributed by atoms with Gasteiger partial charge in [0.15, 0.2) is 0 Å². The molecule has 1 fully saturated rings. The standard InChI is InChI=1S/C16H22N2OS/c1-16(2,3)15-18-13-5-4-12(10-14(13)20-15)19-11-6-8-17-9-7-11/h4-5,10-11,17H,6-9H2,1-3H3. The van der Waals surface area contributed by atoms with Gasteiger partial charge in [-0.25, -0.2) is 4.98 Å². The van der Waals surface area contributed by atoms with Gasteiger partial charge < -0.3 is 10.1 Å². The lowest BCUT2D eigenvalue weighted by molar-refractivity contribution is 0.162. The Morgan fingerprint density at radius 1 is 1.25 bits per heavy atom. The zero-order valence-corrected chi connectivity index (χ0v) is 13.2. The molecule has 3 rings (SSSR count). The number of thiazole rings is 1. The molecule has 108 valence electrons. The molecule has 1 aromatic carbocycles. The van der Waals surface area contributed by atoms with Gasteiger partial charge in [0.2, 0.25) is 0 Å². The summed E-state index contributed by atoms with van der Waals surface area (Å²) in [4.78, 5) is 4.72. The number of fused-ring (bicyclic) bond motifs is 1. The van der Waals surface area contributed by atoms with Crippen LogP contribution in [0.15, 0.2) is 18.2 Å². The van der Waals surface area contributed by atoms with E-state index in [1.807, 2.05) is 0 Å². The Labute approximate surface area is 124 Å². The molecule has 1 N–H and O–H groups in total. The molecule has 4 heteroatoms. The van der Waals surface area contributed by atoms with Crippen LogP contribution in [-0.2, 0) is 5.41 Å². The van der Waals surface area contributed by atoms with Crippen LogP contribution in [0.3, 0.4) is 0 Å². The molecule has 1 aliphatic heterocycles. The van der Waals surface area contributed by atoms with Crippen LogP contribution in [0.4, 0.5) is 0 Å². The first-order valence-corrected chi connectivity index (χ1v) is 8.12. The summed E-state index contributed by atoms with van der Waals surface area (Å²) in [6, 6.07) is 6.28. The van der Waals surface area contributed by atoms with Crippen molar-refractivity contribution in [3.8, 4) is 5.75 Å². The highest BCUT2D eigenvalue weighted by Gasteiger charge is 2.19. The first-order valence-electron chi connectivity index (χ1n) is 7.31. The van der Waals surface area contributed by atoms with Gasteiger partial charge in [-0.05, 0) is 44.1 Å². The van der Waals surface area contributed by atoms with Crippen LogP contribution in [0.1, 0.15) is 38.6 Å². The summed E-state index contributed by atoms with van der Waals surface area (Å²) in [7, 11) is 0. The van der Waals surface area contributed by atoms with Gasteiger partial charge in [0, 0.05) is 5.41 Å². The third-order valence-corrected chi connectivity index (χ3v) is 5.03. The monoisotopic (exact) mass is 290 g/mol. The number of nitrogens with one attached hydrogen (secondary N) is 1. The molecule has 0 atom stereocenters. The summed E-state index contributed by atoms with van der Waals surface area (Å²) in [5, 5.41) is 4.55. The Morgan fingerprint density at radius 3 is 2.70 bits per heavy atom. The van der Waals surface area contributed by atoms with E-state index in [1.165, 1.54) is 9.71 Å². The number of nitrogens with zero attached hydrogens (tertiary/aromatic N) is 1. The second-order valence-corrected chi connectivity index (χ2v) is 7.50. The van der Waals surface area contributed by atoms with E-state index >= 15 is 0 Å². The minimum atomic E-state index is 0.111. The quantitative estimate of drug-likeness (QED) is 0.915. The van der Waals surface area contributed by atoms with Gasteiger partial charge in [-0.15, -0.1) is 11.3 Å². The molecular formula is C16H22N2OS. The number of rotatable bonds is 2. The number of aromatic nitrogens is 1. The Balaban J connectivity index is 1.82. The van der Waals surface area contributed by atoms with E-state index in [4.69, 9.17) is 9.72 Å². The van der Waals surface area contributed by atoms with Gasteiger partial charge in [-0.3, -0.25) is 0 Å². The average Bonchev–Trinajstić information content (AvgIpc) is 2.83. The molecule has 0 unspecified atom stereocenters. The molecule has 0 amide bonds. The largest absolute Gasteiger partial charge is 0.490 e. The molecule has 0 bridgehead atoms. The topological polar surface area (TPSA) is 34.1 Å². The van der Waals surface area contributed by atoms with Crippen LogP contribution in [0.25, 0.3) is 10.2 Å². The van der Waals surface area contributed by atoms with E-state index in [0.29, 0.717) is 6.10 Å². The summed E-state index contributed by atoms with van der Waals surface area (Å²) >= 11 is 1.78. The average molecular weight is 290 g/mol. The molecule has 2 heterocycles. The fraction of sp³-hybridized carbons (Fsp3) is 0.562. The van der Waals surface area contributed by atoms with Crippen LogP contribution in [-0.4, -0.2) is 24.2 Å². The van der Waals surface area contributed by atoms with Crippen LogP contribution in [0, 0.1) is 0 Å². The zero-order valence-electron chi connectivity index (χ0n) is 12.4. The molecular weight excluding hydrogens is 268 g/mol. The van der Waals surface area contributed by atoms with Crippen molar-refractivity contribution < 1.29 is 4.74 Å². The van der Waals surface area contributed by atoms with Crippen LogP contribution >= 0.6 is 11.3 Å². The maximum atomic E-state index is 6.10. The van der Waals surface area contributed by atoms with E-state index in [1.54, 1.807) is 11.3 Å². The number of piperidine rings is 1. The normalized spacial score (nSPS) is 17.6. The molecule has 0 aliphatic carbocycles. The molecule has 0 spiro atoms. The van der Waals surface area contributed by atoms with Crippen LogP contribution < -0.4 is 10.1 Å². The van der Waals surface area contributed by atoms with Crippen LogP contribution in [0.2, 0.25) is 0 Å². The zero-order chi connectivity index (χ0) is 14.2. The van der Waals surface area contributed by atoms with Crippen LogP contribution in [0.5, 0.6) is 5.75 Å². The number of benzene rings is 1. The van der Waals surface area contributed by atoms with Crippen molar-refractivity contribution in [3.05, 3.63) is 23.2 Å². The van der Waals surface area contributed by atoms with Crippen molar-refractivity contribution in [2.45, 2.75) is 45.1 Å². The lowest BCUT2D eigenvalue weighted by atomic mass is 9.98. The van der Waals surface area contributed by atoms with Crippen molar-refractivity contribution in [2.24, 2.45) is 0 Å². The van der Waals surface area contributed by atoms with Gasteiger partial charge in [0.25, 0.3) is 0 Å². The third-order valence-electron chi connectivity index (χ3n) is 3.59. The smallest absolute Gasteiger partial charge is 0.121 e. The highest BCUT2D eigenvalue weighted by molar-refractivity contribution is 7.18. The molecule has 20 heavy (non-hydrogen) atoms. The SMILES string of the molecule is CC(C)(C)c1nc2ccc(OC3CCNCC3)cc2s1. The fourth-order valence-electron chi connectivity index (χ4n) is 2.40. The van der Waals surface area contributed by atoms with E-state index in [2.05, 4.69) is 44.3 Å². The van der Waals surface area contributed by atoms with Gasteiger partial charge in [0.1, 0.15) is 11.9 Å². The molecule has 1 saturated heterocycles. The van der Waals surface area contributed by atoms with Gasteiger partial charge in [-0.1, -0.05) is 20.8 Å². The number of hydrogen-bond donors (Lipinski definition) is 1. The summed E-state index contributed by atoms with van der Waals surface area (Å²) in [5.74, 6) is 0.980. The van der Waals surface area contributed by atoms with Crippen molar-refractivity contribution in [1.29, 1.82) is 0 Å². The molecule has 3 nitrogen and oxygen atoms in total. The summed E-state index contributed by atoms with van der Waals surface area (Å²) in [6.07, 6.45) is 2.53. The van der Waals surface area contributed by atoms with Crippen molar-refractivity contribution in [2.75, 3.05) is 13.1 Å². The first kappa shape index (κ1) is 13.8. The lowest BCUT2D eigenvalue weighted by Gasteiger charge is -2.23. The third kappa shape index (κ3) is 2.96. The molecule has 1 aromatic heterocycles. The Bertz CT molecular complexity index is 594. The molecule has 0 saturated carbocycles. The van der Waals surface area contributed by atoms with Crippen molar-refractivity contribution in [3.63, 3.8) is 0 Å². The molecule has 0 radical (unpaired) electrons. The van der Waals surface area contributed by atoms with E-state index in [0.717, 1.165) is 37.2 Å². The summed E-state index contributed by atoms with van der Waals surface area (Å²) < 4.78 is 7.32. The maximum Gasteiger partial charge on any atom is 0.121 e. The Kier molecular flexibility index (Phi) is 3.69. The second kappa shape index (κ2) is 5.34. The number of hydrogen-bond acceptors (Lipinski definition) is 4. The minimum absolute atomic E-state index is 0.111. The van der Waals surface area contributed by atoms with Crippen molar-refractivity contribution in [1.82, 2.24) is 10.3 Å². The highest BCUT2D eigenvalue weighted by Crippen LogP contribution is 2.33. The van der Waals surface area contributed by atoms with Crippen molar-refractivity contribution >= 4 is 21.6 Å². The Morgan fingerprint density at radius 2 is 2.00 bits per heavy atom. The van der Waals surface area contributed by atoms with E-state index in [-0.39, 0.29) is 5.41 Å². The van der Waals surface area contributed by atoms with E-state index in [9.17, 15) is 0 Å². The van der Waals surface area contributed by atoms with Gasteiger partial charge in [0.05, 0.1) is 15.2 Å². The minimum Gasteiger partial charge on any atom is -0.490 e. The molecule has 1 aliphatic rings. The number of ether oxygens (including phenoxy) is 1. The van der Waals surface area contributed by atoms with Gasteiger partial charge in [-0.2, -0.15) is 0 Å². The molecule has 2 aromatic rings. The maximum absolute atomic E-state index is 6.10. The Hall–Kier alpha value is -1.13. The lowest BCUT2D eigenvalue weighted by Crippen LogP contribution is -2.34. The van der Waals surface area contributed by atoms with Gasteiger partial charge >= 0.3 is 0 Å². The summed E-state index contributed by atoms with van der Waals surface area (Å²) in [6.45, 7) is 8.73. The predicted molar refractivity (Wildman–Crippen MR) is 84.8 cm³/mol. The fourth-order valence-corrected chi connectivity index (χ4v) is 3.46. The summed E-state index contributed by atoms with van der Waals surface area (Å²) in [5.41, 5.74) is 1.19.